The van der Waals surface area contributed by atoms with E-state index in [9.17, 15) is 4.79 Å². The minimum atomic E-state index is -0.380. The largest absolute Gasteiger partial charge is 0.317 e. The van der Waals surface area contributed by atoms with E-state index in [1.165, 1.54) is 0 Å². The third kappa shape index (κ3) is 2.15. The summed E-state index contributed by atoms with van der Waals surface area (Å²) < 4.78 is 0. The molecule has 0 spiro atoms. The van der Waals surface area contributed by atoms with Gasteiger partial charge >= 0.3 is 0 Å². The molecule has 2 rings (SSSR count). The number of para-hydroxylation sites is 1. The van der Waals surface area contributed by atoms with E-state index < -0.39 is 0 Å². The van der Waals surface area contributed by atoms with Gasteiger partial charge in [0, 0.05) is 12.2 Å². The van der Waals surface area contributed by atoms with Gasteiger partial charge in [0.1, 0.15) is 0 Å². The Morgan fingerprint density at radius 2 is 2.00 bits per heavy atom. The minimum Gasteiger partial charge on any atom is -0.317 e. The molecule has 3 heteroatoms. The van der Waals surface area contributed by atoms with Gasteiger partial charge in [-0.2, -0.15) is 0 Å². The fraction of sp³-hybridized carbons (Fsp3) is 0.533. The Hall–Kier alpha value is -1.35. The third-order valence-corrected chi connectivity index (χ3v) is 3.63. The Morgan fingerprint density at radius 3 is 2.72 bits per heavy atom. The normalized spacial score (nSPS) is 17.1. The highest BCUT2D eigenvalue weighted by molar-refractivity contribution is 6.07. The second-order valence-electron chi connectivity index (χ2n) is 5.31. The lowest BCUT2D eigenvalue weighted by atomic mass is 9.86. The number of hydrogen-bond donors (Lipinski definition) is 1. The van der Waals surface area contributed by atoms with E-state index in [0.29, 0.717) is 0 Å². The molecular formula is C15H22N2O. The molecule has 18 heavy (non-hydrogen) atoms. The summed E-state index contributed by atoms with van der Waals surface area (Å²) in [5.74, 6) is 0.222. The van der Waals surface area contributed by atoms with Crippen LogP contribution in [0.3, 0.4) is 0 Å². The summed E-state index contributed by atoms with van der Waals surface area (Å²) in [5, 5.41) is 3.29. The molecule has 0 aliphatic carbocycles. The molecule has 0 unspecified atom stereocenters. The van der Waals surface area contributed by atoms with Crippen LogP contribution in [0.2, 0.25) is 0 Å². The zero-order valence-electron chi connectivity index (χ0n) is 11.5. The molecule has 1 N–H and O–H groups in total. The SMILES string of the molecule is CCNCCCN1C(=O)C(C)(C)c2ccccc21. The summed E-state index contributed by atoms with van der Waals surface area (Å²) in [6.45, 7) is 8.86. The van der Waals surface area contributed by atoms with Crippen molar-refractivity contribution < 1.29 is 4.79 Å². The van der Waals surface area contributed by atoms with Crippen LogP contribution in [0.15, 0.2) is 24.3 Å². The van der Waals surface area contributed by atoms with Crippen LogP contribution in [-0.4, -0.2) is 25.5 Å². The highest BCUT2D eigenvalue weighted by Gasteiger charge is 2.42. The van der Waals surface area contributed by atoms with Gasteiger partial charge in [0.25, 0.3) is 0 Å². The lowest BCUT2D eigenvalue weighted by Crippen LogP contribution is -2.37. The van der Waals surface area contributed by atoms with Gasteiger partial charge in [-0.25, -0.2) is 0 Å². The average Bonchev–Trinajstić information content (AvgIpc) is 2.56. The summed E-state index contributed by atoms with van der Waals surface area (Å²) in [4.78, 5) is 14.4. The molecule has 0 atom stereocenters. The van der Waals surface area contributed by atoms with E-state index in [1.807, 2.05) is 30.9 Å². The molecule has 1 aliphatic rings. The van der Waals surface area contributed by atoms with Crippen molar-refractivity contribution in [3.05, 3.63) is 29.8 Å². The molecule has 0 aromatic heterocycles. The van der Waals surface area contributed by atoms with E-state index in [0.717, 1.165) is 37.3 Å². The summed E-state index contributed by atoms with van der Waals surface area (Å²) in [6.07, 6.45) is 0.990. The van der Waals surface area contributed by atoms with Gasteiger partial charge in [-0.1, -0.05) is 25.1 Å². The Balaban J connectivity index is 2.15. The smallest absolute Gasteiger partial charge is 0.237 e. The van der Waals surface area contributed by atoms with E-state index in [4.69, 9.17) is 0 Å². The number of carbonyl (C=O) groups is 1. The van der Waals surface area contributed by atoms with Crippen molar-refractivity contribution in [1.82, 2.24) is 5.32 Å². The lowest BCUT2D eigenvalue weighted by Gasteiger charge is -2.20. The van der Waals surface area contributed by atoms with Gasteiger partial charge in [-0.15, -0.1) is 0 Å². The Morgan fingerprint density at radius 1 is 1.28 bits per heavy atom. The zero-order valence-corrected chi connectivity index (χ0v) is 11.5. The molecule has 1 heterocycles. The van der Waals surface area contributed by atoms with Crippen molar-refractivity contribution in [2.45, 2.75) is 32.6 Å². The number of amides is 1. The summed E-state index contributed by atoms with van der Waals surface area (Å²) in [6, 6.07) is 8.13. The van der Waals surface area contributed by atoms with Crippen LogP contribution in [0.5, 0.6) is 0 Å². The topological polar surface area (TPSA) is 32.3 Å². The highest BCUT2D eigenvalue weighted by Crippen LogP contribution is 2.41. The van der Waals surface area contributed by atoms with Crippen molar-refractivity contribution in [3.8, 4) is 0 Å². The summed E-state index contributed by atoms with van der Waals surface area (Å²) in [7, 11) is 0. The fourth-order valence-electron chi connectivity index (χ4n) is 2.56. The number of nitrogens with zero attached hydrogens (tertiary/aromatic N) is 1. The van der Waals surface area contributed by atoms with E-state index >= 15 is 0 Å². The number of hydrogen-bond acceptors (Lipinski definition) is 2. The quantitative estimate of drug-likeness (QED) is 0.809. The van der Waals surface area contributed by atoms with Gasteiger partial charge < -0.3 is 10.2 Å². The van der Waals surface area contributed by atoms with Crippen molar-refractivity contribution in [3.63, 3.8) is 0 Å². The van der Waals surface area contributed by atoms with Crippen LogP contribution in [0.1, 0.15) is 32.8 Å². The predicted molar refractivity (Wildman–Crippen MR) is 75.0 cm³/mol. The van der Waals surface area contributed by atoms with Gasteiger partial charge in [0.2, 0.25) is 5.91 Å². The Bertz CT molecular complexity index is 440. The lowest BCUT2D eigenvalue weighted by molar-refractivity contribution is -0.122. The molecule has 0 bridgehead atoms. The molecule has 98 valence electrons. The van der Waals surface area contributed by atoms with Crippen molar-refractivity contribution in [2.24, 2.45) is 0 Å². The van der Waals surface area contributed by atoms with Gasteiger partial charge in [0.05, 0.1) is 5.41 Å². The number of fused-ring (bicyclic) bond motifs is 1. The van der Waals surface area contributed by atoms with Crippen LogP contribution in [0, 0.1) is 0 Å². The molecule has 1 aliphatic heterocycles. The van der Waals surface area contributed by atoms with Crippen LogP contribution in [0.4, 0.5) is 5.69 Å². The van der Waals surface area contributed by atoms with Crippen molar-refractivity contribution in [1.29, 1.82) is 0 Å². The van der Waals surface area contributed by atoms with Crippen LogP contribution in [0.25, 0.3) is 0 Å². The van der Waals surface area contributed by atoms with Gasteiger partial charge in [-0.3, -0.25) is 4.79 Å². The first kappa shape index (κ1) is 13.1. The third-order valence-electron chi connectivity index (χ3n) is 3.63. The Labute approximate surface area is 109 Å². The van der Waals surface area contributed by atoms with Gasteiger partial charge in [-0.05, 0) is 45.0 Å². The molecule has 3 nitrogen and oxygen atoms in total. The van der Waals surface area contributed by atoms with E-state index in [-0.39, 0.29) is 11.3 Å². The Kier molecular flexibility index (Phi) is 3.71. The first-order valence-electron chi connectivity index (χ1n) is 6.71. The highest BCUT2D eigenvalue weighted by atomic mass is 16.2. The maximum absolute atomic E-state index is 12.5. The number of anilines is 1. The first-order valence-corrected chi connectivity index (χ1v) is 6.71. The molecular weight excluding hydrogens is 224 g/mol. The first-order chi connectivity index (χ1) is 8.59. The number of nitrogens with one attached hydrogen (secondary N) is 1. The molecule has 0 radical (unpaired) electrons. The molecule has 1 aromatic rings. The van der Waals surface area contributed by atoms with E-state index in [1.54, 1.807) is 0 Å². The fourth-order valence-corrected chi connectivity index (χ4v) is 2.56. The number of benzene rings is 1. The number of carbonyl (C=O) groups excluding carboxylic acids is 1. The maximum Gasteiger partial charge on any atom is 0.237 e. The second-order valence-corrected chi connectivity index (χ2v) is 5.31. The second kappa shape index (κ2) is 5.11. The van der Waals surface area contributed by atoms with Crippen LogP contribution < -0.4 is 10.2 Å². The van der Waals surface area contributed by atoms with Crippen molar-refractivity contribution >= 4 is 11.6 Å². The molecule has 0 fully saturated rings. The van der Waals surface area contributed by atoms with Gasteiger partial charge in [0.15, 0.2) is 0 Å². The van der Waals surface area contributed by atoms with Crippen LogP contribution in [-0.2, 0) is 10.2 Å². The minimum absolute atomic E-state index is 0.222. The summed E-state index contributed by atoms with van der Waals surface area (Å²) in [5.41, 5.74) is 1.86. The van der Waals surface area contributed by atoms with E-state index in [2.05, 4.69) is 24.4 Å². The molecule has 0 saturated carbocycles. The van der Waals surface area contributed by atoms with Crippen molar-refractivity contribution in [2.75, 3.05) is 24.5 Å². The molecule has 0 saturated heterocycles. The average molecular weight is 246 g/mol. The monoisotopic (exact) mass is 246 g/mol. The predicted octanol–water partition coefficient (Wildman–Crippen LogP) is 2.31. The standard InChI is InChI=1S/C15H22N2O/c1-4-16-10-7-11-17-13-9-6-5-8-12(13)15(2,3)14(17)18/h5-6,8-9,16H,4,7,10-11H2,1-3H3. The maximum atomic E-state index is 12.5. The number of rotatable bonds is 5. The molecule has 1 aromatic carbocycles. The summed E-state index contributed by atoms with van der Waals surface area (Å²) >= 11 is 0. The molecule has 1 amide bonds. The van der Waals surface area contributed by atoms with Crippen LogP contribution >= 0.6 is 0 Å². The zero-order chi connectivity index (χ0) is 13.2.